The molecular weight excluding hydrogens is 346 g/mol. The second-order valence-corrected chi connectivity index (χ2v) is 7.17. The highest BCUT2D eigenvalue weighted by Gasteiger charge is 2.22. The van der Waals surface area contributed by atoms with Crippen molar-refractivity contribution in [2.24, 2.45) is 0 Å². The van der Waals surface area contributed by atoms with Crippen LogP contribution in [0, 0.1) is 0 Å². The number of nitrogens with one attached hydrogen (secondary N) is 1. The number of hydrogen-bond donors (Lipinski definition) is 1. The van der Waals surface area contributed by atoms with Crippen LogP contribution in [0.1, 0.15) is 25.7 Å². The van der Waals surface area contributed by atoms with Crippen LogP contribution in [0.3, 0.4) is 0 Å². The molecule has 0 fully saturated rings. The average Bonchev–Trinajstić information content (AvgIpc) is 3.24. The molecule has 3 rings (SSSR count). The molecule has 9 heteroatoms. The number of sulfonamides is 1. The van der Waals surface area contributed by atoms with Crippen LogP contribution in [0.25, 0.3) is 11.7 Å². The third-order valence-corrected chi connectivity index (χ3v) is 4.57. The van der Waals surface area contributed by atoms with Crippen molar-refractivity contribution in [2.75, 3.05) is 11.8 Å². The Labute approximate surface area is 144 Å². The quantitative estimate of drug-likeness (QED) is 0.716. The molecule has 0 saturated carbocycles. The highest BCUT2D eigenvalue weighted by Crippen LogP contribution is 2.27. The number of nitrogens with zero attached hydrogens (tertiary/aromatic N) is 2. The van der Waals surface area contributed by atoms with Crippen LogP contribution in [0.5, 0.6) is 5.75 Å². The summed E-state index contributed by atoms with van der Waals surface area (Å²) in [4.78, 5) is 0. The van der Waals surface area contributed by atoms with Gasteiger partial charge in [0.1, 0.15) is 5.75 Å². The largest absolute Gasteiger partial charge is 0.497 e. The number of furan rings is 1. The molecule has 1 N–H and O–H groups in total. The molecule has 2 aromatic heterocycles. The first-order chi connectivity index (χ1) is 11.9. The molecule has 2 heterocycles. The SMILES string of the molecule is COc1cccc(NS(=O)(=O)c2ccc(-c3nnc(C(C)C)o3)o2)c1. The maximum absolute atomic E-state index is 12.4. The number of benzene rings is 1. The fraction of sp³-hybridized carbons (Fsp3) is 0.250. The lowest BCUT2D eigenvalue weighted by molar-refractivity contribution is 0.415. The lowest BCUT2D eigenvalue weighted by atomic mass is 10.2. The van der Waals surface area contributed by atoms with E-state index in [0.29, 0.717) is 17.3 Å². The van der Waals surface area contributed by atoms with E-state index in [1.165, 1.54) is 19.2 Å². The summed E-state index contributed by atoms with van der Waals surface area (Å²) in [6.45, 7) is 3.82. The first kappa shape index (κ1) is 17.0. The van der Waals surface area contributed by atoms with Gasteiger partial charge in [-0.25, -0.2) is 0 Å². The van der Waals surface area contributed by atoms with Gasteiger partial charge in [-0.3, -0.25) is 4.72 Å². The van der Waals surface area contributed by atoms with E-state index in [4.69, 9.17) is 13.6 Å². The molecule has 0 atom stereocenters. The lowest BCUT2D eigenvalue weighted by Gasteiger charge is -2.07. The molecule has 25 heavy (non-hydrogen) atoms. The molecule has 0 aliphatic heterocycles. The minimum Gasteiger partial charge on any atom is -0.497 e. The van der Waals surface area contributed by atoms with Crippen LogP contribution in [0.4, 0.5) is 5.69 Å². The topological polar surface area (TPSA) is 107 Å². The number of aromatic nitrogens is 2. The van der Waals surface area contributed by atoms with Gasteiger partial charge in [0.05, 0.1) is 12.8 Å². The summed E-state index contributed by atoms with van der Waals surface area (Å²) < 4.78 is 43.2. The van der Waals surface area contributed by atoms with Crippen molar-refractivity contribution < 1.29 is 22.0 Å². The van der Waals surface area contributed by atoms with Crippen LogP contribution >= 0.6 is 0 Å². The standard InChI is InChI=1S/C16H17N3O5S/c1-10(2)15-17-18-16(24-15)13-7-8-14(23-13)25(20,21)19-11-5-4-6-12(9-11)22-3/h4-10,19H,1-3H3. The number of anilines is 1. The van der Waals surface area contributed by atoms with E-state index < -0.39 is 10.0 Å². The van der Waals surface area contributed by atoms with Gasteiger partial charge in [0.25, 0.3) is 15.9 Å². The maximum atomic E-state index is 12.4. The summed E-state index contributed by atoms with van der Waals surface area (Å²) in [5.41, 5.74) is 0.359. The van der Waals surface area contributed by atoms with Gasteiger partial charge in [-0.1, -0.05) is 19.9 Å². The fourth-order valence-electron chi connectivity index (χ4n) is 2.04. The summed E-state index contributed by atoms with van der Waals surface area (Å²) in [6, 6.07) is 9.36. The van der Waals surface area contributed by atoms with Gasteiger partial charge in [0.2, 0.25) is 11.0 Å². The van der Waals surface area contributed by atoms with Crippen molar-refractivity contribution in [3.8, 4) is 17.4 Å². The molecule has 3 aromatic rings. The average molecular weight is 363 g/mol. The monoisotopic (exact) mass is 363 g/mol. The highest BCUT2D eigenvalue weighted by molar-refractivity contribution is 7.92. The Hall–Kier alpha value is -2.81. The molecule has 1 aromatic carbocycles. The molecular formula is C16H17N3O5S. The molecule has 0 amide bonds. The lowest BCUT2D eigenvalue weighted by Crippen LogP contribution is -2.12. The van der Waals surface area contributed by atoms with Crippen LogP contribution in [0.2, 0.25) is 0 Å². The highest BCUT2D eigenvalue weighted by atomic mass is 32.2. The molecule has 0 aliphatic carbocycles. The van der Waals surface area contributed by atoms with Gasteiger partial charge >= 0.3 is 0 Å². The smallest absolute Gasteiger partial charge is 0.295 e. The van der Waals surface area contributed by atoms with Crippen molar-refractivity contribution in [1.82, 2.24) is 10.2 Å². The van der Waals surface area contributed by atoms with Crippen molar-refractivity contribution in [3.05, 3.63) is 42.3 Å². The third kappa shape index (κ3) is 3.66. The summed E-state index contributed by atoms with van der Waals surface area (Å²) in [7, 11) is -2.39. The molecule has 0 unspecified atom stereocenters. The van der Waals surface area contributed by atoms with E-state index in [9.17, 15) is 8.42 Å². The number of ether oxygens (including phenoxy) is 1. The summed E-state index contributed by atoms with van der Waals surface area (Å²) in [5.74, 6) is 1.36. The van der Waals surface area contributed by atoms with Gasteiger partial charge in [-0.2, -0.15) is 8.42 Å². The van der Waals surface area contributed by atoms with E-state index in [0.717, 1.165) is 0 Å². The van der Waals surface area contributed by atoms with E-state index in [1.54, 1.807) is 24.3 Å². The Kier molecular flexibility index (Phi) is 4.49. The van der Waals surface area contributed by atoms with Crippen molar-refractivity contribution in [2.45, 2.75) is 24.9 Å². The normalized spacial score (nSPS) is 11.7. The van der Waals surface area contributed by atoms with E-state index >= 15 is 0 Å². The first-order valence-corrected chi connectivity index (χ1v) is 8.98. The van der Waals surface area contributed by atoms with Gasteiger partial charge in [0.15, 0.2) is 5.76 Å². The van der Waals surface area contributed by atoms with Gasteiger partial charge in [0, 0.05) is 12.0 Å². The number of methoxy groups -OCH3 is 1. The van der Waals surface area contributed by atoms with Crippen LogP contribution in [-0.4, -0.2) is 25.7 Å². The molecule has 132 valence electrons. The van der Waals surface area contributed by atoms with E-state index in [-0.39, 0.29) is 22.7 Å². The fourth-order valence-corrected chi connectivity index (χ4v) is 3.02. The second kappa shape index (κ2) is 6.60. The molecule has 0 radical (unpaired) electrons. The third-order valence-electron chi connectivity index (χ3n) is 3.31. The molecule has 0 spiro atoms. The predicted molar refractivity (Wildman–Crippen MR) is 89.9 cm³/mol. The number of rotatable bonds is 6. The Bertz CT molecular complexity index is 975. The van der Waals surface area contributed by atoms with Gasteiger partial charge < -0.3 is 13.6 Å². The zero-order valence-electron chi connectivity index (χ0n) is 13.9. The van der Waals surface area contributed by atoms with Crippen molar-refractivity contribution in [1.29, 1.82) is 0 Å². The van der Waals surface area contributed by atoms with Gasteiger partial charge in [-0.15, -0.1) is 10.2 Å². The second-order valence-electron chi connectivity index (χ2n) is 5.56. The molecule has 0 bridgehead atoms. The molecule has 0 saturated heterocycles. The summed E-state index contributed by atoms with van der Waals surface area (Å²) in [5, 5.41) is 7.51. The summed E-state index contributed by atoms with van der Waals surface area (Å²) in [6.07, 6.45) is 0. The Morgan fingerprint density at radius 3 is 2.60 bits per heavy atom. The minimum atomic E-state index is -3.90. The zero-order valence-corrected chi connectivity index (χ0v) is 14.7. The first-order valence-electron chi connectivity index (χ1n) is 7.49. The predicted octanol–water partition coefficient (Wildman–Crippen LogP) is 3.26. The van der Waals surface area contributed by atoms with Gasteiger partial charge in [-0.05, 0) is 24.3 Å². The zero-order chi connectivity index (χ0) is 18.0. The van der Waals surface area contributed by atoms with Crippen LogP contribution in [-0.2, 0) is 10.0 Å². The Morgan fingerprint density at radius 1 is 1.12 bits per heavy atom. The van der Waals surface area contributed by atoms with Crippen LogP contribution < -0.4 is 9.46 Å². The maximum Gasteiger partial charge on any atom is 0.295 e. The van der Waals surface area contributed by atoms with Crippen molar-refractivity contribution in [3.63, 3.8) is 0 Å². The van der Waals surface area contributed by atoms with Crippen molar-refractivity contribution >= 4 is 15.7 Å². The van der Waals surface area contributed by atoms with E-state index in [2.05, 4.69) is 14.9 Å². The molecule has 8 nitrogen and oxygen atoms in total. The summed E-state index contributed by atoms with van der Waals surface area (Å²) >= 11 is 0. The minimum absolute atomic E-state index is 0.0640. The Morgan fingerprint density at radius 2 is 1.92 bits per heavy atom. The van der Waals surface area contributed by atoms with Crippen LogP contribution in [0.15, 0.2) is 50.3 Å². The van der Waals surface area contributed by atoms with E-state index in [1.807, 2.05) is 13.8 Å². The Balaban J connectivity index is 1.84. The number of hydrogen-bond acceptors (Lipinski definition) is 7. The molecule has 0 aliphatic rings.